The number of carbonyl (C=O) groups excluding carboxylic acids is 1. The molecule has 1 aliphatic heterocycles. The number of benzene rings is 1. The summed E-state index contributed by atoms with van der Waals surface area (Å²) in [5, 5.41) is 11.7. The summed E-state index contributed by atoms with van der Waals surface area (Å²) in [7, 11) is 0. The summed E-state index contributed by atoms with van der Waals surface area (Å²) < 4.78 is 0. The summed E-state index contributed by atoms with van der Waals surface area (Å²) in [4.78, 5) is 27.2. The molecule has 0 saturated carbocycles. The Morgan fingerprint density at radius 2 is 1.68 bits per heavy atom. The molecule has 1 saturated heterocycles. The van der Waals surface area contributed by atoms with Crippen LogP contribution in [-0.2, 0) is 4.79 Å². The van der Waals surface area contributed by atoms with Crippen molar-refractivity contribution in [3.05, 3.63) is 30.3 Å². The molecule has 1 heterocycles. The van der Waals surface area contributed by atoms with E-state index < -0.39 is 12.0 Å². The first-order chi connectivity index (χ1) is 10.5. The summed E-state index contributed by atoms with van der Waals surface area (Å²) >= 11 is 0. The van der Waals surface area contributed by atoms with E-state index in [0.29, 0.717) is 13.1 Å². The second-order valence-electron chi connectivity index (χ2n) is 5.82. The van der Waals surface area contributed by atoms with Crippen LogP contribution in [0.3, 0.4) is 0 Å². The first kappa shape index (κ1) is 16.1. The Labute approximate surface area is 130 Å². The number of hydrogen-bond donors (Lipinski definition) is 2. The van der Waals surface area contributed by atoms with Crippen LogP contribution in [0.15, 0.2) is 30.3 Å². The highest BCUT2D eigenvalue weighted by Crippen LogP contribution is 2.15. The average Bonchev–Trinajstić information content (AvgIpc) is 2.52. The minimum absolute atomic E-state index is 0.146. The van der Waals surface area contributed by atoms with E-state index in [1.807, 2.05) is 18.2 Å². The van der Waals surface area contributed by atoms with E-state index in [-0.39, 0.29) is 11.9 Å². The third kappa shape index (κ3) is 3.90. The van der Waals surface area contributed by atoms with Gasteiger partial charge in [0, 0.05) is 31.9 Å². The number of para-hydroxylation sites is 1. The number of nitrogens with zero attached hydrogens (tertiary/aromatic N) is 2. The Kier molecular flexibility index (Phi) is 5.25. The Balaban J connectivity index is 1.88. The van der Waals surface area contributed by atoms with Crippen molar-refractivity contribution in [2.75, 3.05) is 31.1 Å². The summed E-state index contributed by atoms with van der Waals surface area (Å²) in [5.74, 6) is -1.14. The van der Waals surface area contributed by atoms with Gasteiger partial charge < -0.3 is 20.2 Å². The lowest BCUT2D eigenvalue weighted by Crippen LogP contribution is -2.55. The fourth-order valence-electron chi connectivity index (χ4n) is 2.54. The molecule has 120 valence electrons. The number of anilines is 1. The second kappa shape index (κ2) is 7.15. The molecular formula is C16H23N3O3. The molecule has 0 aliphatic carbocycles. The summed E-state index contributed by atoms with van der Waals surface area (Å²) in [6.45, 7) is 6.24. The maximum Gasteiger partial charge on any atom is 0.326 e. The first-order valence-corrected chi connectivity index (χ1v) is 7.57. The van der Waals surface area contributed by atoms with E-state index >= 15 is 0 Å². The van der Waals surface area contributed by atoms with Crippen molar-refractivity contribution in [2.45, 2.75) is 19.9 Å². The second-order valence-corrected chi connectivity index (χ2v) is 5.82. The van der Waals surface area contributed by atoms with Gasteiger partial charge in [0.25, 0.3) is 0 Å². The van der Waals surface area contributed by atoms with Crippen molar-refractivity contribution in [1.82, 2.24) is 10.2 Å². The van der Waals surface area contributed by atoms with Gasteiger partial charge in [0.1, 0.15) is 6.04 Å². The number of nitrogens with one attached hydrogen (secondary N) is 1. The standard InChI is InChI=1S/C16H23N3O3/c1-12(2)14(15(20)21)17-16(22)19-10-8-18(9-11-19)13-6-4-3-5-7-13/h3-7,12,14H,8-11H2,1-2H3,(H,17,22)(H,20,21)/t14-/m0/s1. The molecule has 2 rings (SSSR count). The number of amides is 2. The van der Waals surface area contributed by atoms with Crippen LogP contribution in [0.25, 0.3) is 0 Å². The SMILES string of the molecule is CC(C)[C@H](NC(=O)N1CCN(c2ccccc2)CC1)C(=O)O. The lowest BCUT2D eigenvalue weighted by molar-refractivity contribution is -0.140. The van der Waals surface area contributed by atoms with E-state index in [9.17, 15) is 9.59 Å². The van der Waals surface area contributed by atoms with Gasteiger partial charge in [0.2, 0.25) is 0 Å². The Morgan fingerprint density at radius 1 is 1.09 bits per heavy atom. The van der Waals surface area contributed by atoms with Gasteiger partial charge in [-0.25, -0.2) is 9.59 Å². The minimum Gasteiger partial charge on any atom is -0.480 e. The van der Waals surface area contributed by atoms with Crippen LogP contribution in [0.2, 0.25) is 0 Å². The lowest BCUT2D eigenvalue weighted by atomic mass is 10.1. The average molecular weight is 305 g/mol. The molecule has 1 atom stereocenters. The lowest BCUT2D eigenvalue weighted by Gasteiger charge is -2.36. The summed E-state index contributed by atoms with van der Waals surface area (Å²) in [5.41, 5.74) is 1.15. The molecule has 6 heteroatoms. The molecule has 2 N–H and O–H groups in total. The normalized spacial score (nSPS) is 16.5. The highest BCUT2D eigenvalue weighted by Gasteiger charge is 2.27. The van der Waals surface area contributed by atoms with E-state index in [1.165, 1.54) is 0 Å². The number of carboxylic acid groups (broad SMARTS) is 1. The molecular weight excluding hydrogens is 282 g/mol. The topological polar surface area (TPSA) is 72.9 Å². The van der Waals surface area contributed by atoms with E-state index in [0.717, 1.165) is 18.8 Å². The third-order valence-electron chi connectivity index (χ3n) is 3.90. The molecule has 0 bridgehead atoms. The molecule has 0 aromatic heterocycles. The van der Waals surface area contributed by atoms with Crippen molar-refractivity contribution in [2.24, 2.45) is 5.92 Å². The van der Waals surface area contributed by atoms with Crippen LogP contribution < -0.4 is 10.2 Å². The van der Waals surface area contributed by atoms with Gasteiger partial charge in [-0.2, -0.15) is 0 Å². The highest BCUT2D eigenvalue weighted by atomic mass is 16.4. The monoisotopic (exact) mass is 305 g/mol. The predicted octanol–water partition coefficient (Wildman–Crippen LogP) is 1.63. The fourth-order valence-corrected chi connectivity index (χ4v) is 2.54. The van der Waals surface area contributed by atoms with E-state index in [1.54, 1.807) is 18.7 Å². The number of aliphatic carboxylic acids is 1. The molecule has 1 fully saturated rings. The maximum absolute atomic E-state index is 12.2. The number of carbonyl (C=O) groups is 2. The van der Waals surface area contributed by atoms with Crippen molar-refractivity contribution >= 4 is 17.7 Å². The predicted molar refractivity (Wildman–Crippen MR) is 85.0 cm³/mol. The van der Waals surface area contributed by atoms with E-state index in [4.69, 9.17) is 5.11 Å². The first-order valence-electron chi connectivity index (χ1n) is 7.57. The van der Waals surface area contributed by atoms with Gasteiger partial charge in [-0.05, 0) is 18.1 Å². The van der Waals surface area contributed by atoms with Crippen molar-refractivity contribution < 1.29 is 14.7 Å². The van der Waals surface area contributed by atoms with Crippen LogP contribution >= 0.6 is 0 Å². The molecule has 6 nitrogen and oxygen atoms in total. The van der Waals surface area contributed by atoms with Gasteiger partial charge in [0.15, 0.2) is 0 Å². The largest absolute Gasteiger partial charge is 0.480 e. The zero-order chi connectivity index (χ0) is 16.1. The maximum atomic E-state index is 12.2. The quantitative estimate of drug-likeness (QED) is 0.887. The van der Waals surface area contributed by atoms with Gasteiger partial charge in [0.05, 0.1) is 0 Å². The number of rotatable bonds is 4. The molecule has 1 aromatic rings. The number of piperazine rings is 1. The number of hydrogen-bond acceptors (Lipinski definition) is 3. The van der Waals surface area contributed by atoms with Crippen molar-refractivity contribution in [3.8, 4) is 0 Å². The molecule has 2 amide bonds. The summed E-state index contributed by atoms with van der Waals surface area (Å²) in [6, 6.07) is 8.92. The van der Waals surface area contributed by atoms with Gasteiger partial charge in [-0.1, -0.05) is 32.0 Å². The number of carboxylic acids is 1. The fraction of sp³-hybridized carbons (Fsp3) is 0.500. The van der Waals surface area contributed by atoms with Crippen LogP contribution in [0.1, 0.15) is 13.8 Å². The van der Waals surface area contributed by atoms with Crippen molar-refractivity contribution in [1.29, 1.82) is 0 Å². The zero-order valence-electron chi connectivity index (χ0n) is 13.0. The van der Waals surface area contributed by atoms with E-state index in [2.05, 4.69) is 22.3 Å². The molecule has 1 aromatic carbocycles. The van der Waals surface area contributed by atoms with Crippen molar-refractivity contribution in [3.63, 3.8) is 0 Å². The van der Waals surface area contributed by atoms with Gasteiger partial charge in [-0.3, -0.25) is 0 Å². The molecule has 0 spiro atoms. The van der Waals surface area contributed by atoms with Gasteiger partial charge >= 0.3 is 12.0 Å². The Morgan fingerprint density at radius 3 is 2.18 bits per heavy atom. The molecule has 1 aliphatic rings. The minimum atomic E-state index is -0.994. The smallest absolute Gasteiger partial charge is 0.326 e. The Bertz CT molecular complexity index is 511. The summed E-state index contributed by atoms with van der Waals surface area (Å²) in [6.07, 6.45) is 0. The van der Waals surface area contributed by atoms with Gasteiger partial charge in [-0.15, -0.1) is 0 Å². The number of urea groups is 1. The zero-order valence-corrected chi connectivity index (χ0v) is 13.0. The van der Waals surface area contributed by atoms with Crippen LogP contribution in [0.5, 0.6) is 0 Å². The van der Waals surface area contributed by atoms with Crippen LogP contribution in [-0.4, -0.2) is 54.2 Å². The molecule has 0 radical (unpaired) electrons. The molecule has 22 heavy (non-hydrogen) atoms. The third-order valence-corrected chi connectivity index (χ3v) is 3.90. The van der Waals surface area contributed by atoms with Crippen LogP contribution in [0, 0.1) is 5.92 Å². The highest BCUT2D eigenvalue weighted by molar-refractivity contribution is 5.82. The Hall–Kier alpha value is -2.24. The molecule has 0 unspecified atom stereocenters. The van der Waals surface area contributed by atoms with Crippen LogP contribution in [0.4, 0.5) is 10.5 Å².